The quantitative estimate of drug-likeness (QED) is 0.446. The molecule has 0 aliphatic carbocycles. The van der Waals surface area contributed by atoms with E-state index in [0.717, 1.165) is 11.5 Å². The third kappa shape index (κ3) is 2.95. The van der Waals surface area contributed by atoms with Crippen molar-refractivity contribution < 1.29 is 4.52 Å². The molecule has 0 aromatic carbocycles. The zero-order valence-corrected chi connectivity index (χ0v) is 11.2. The minimum atomic E-state index is 0.231. The number of hydrazine groups is 1. The van der Waals surface area contributed by atoms with Gasteiger partial charge in [-0.05, 0) is 13.0 Å². The molecule has 3 heterocycles. The average molecular weight is 287 g/mol. The first-order valence-electron chi connectivity index (χ1n) is 6.13. The molecule has 3 aromatic heterocycles. The van der Waals surface area contributed by atoms with Gasteiger partial charge in [0, 0.05) is 18.5 Å². The van der Waals surface area contributed by atoms with E-state index >= 15 is 0 Å². The van der Waals surface area contributed by atoms with Crippen LogP contribution in [0.15, 0.2) is 29.0 Å². The zero-order valence-electron chi connectivity index (χ0n) is 11.2. The topological polar surface area (TPSA) is 133 Å². The number of aromatic nitrogens is 6. The van der Waals surface area contributed by atoms with Gasteiger partial charge in [0.05, 0.1) is 6.54 Å². The fourth-order valence-corrected chi connectivity index (χ4v) is 1.67. The van der Waals surface area contributed by atoms with Crippen LogP contribution in [0.4, 0.5) is 11.9 Å². The highest BCUT2D eigenvalue weighted by Crippen LogP contribution is 2.09. The molecular weight excluding hydrogens is 274 g/mol. The molecule has 3 rings (SSSR count). The van der Waals surface area contributed by atoms with Gasteiger partial charge in [-0.2, -0.15) is 20.1 Å². The van der Waals surface area contributed by atoms with Crippen LogP contribution in [0.3, 0.4) is 0 Å². The molecule has 0 fully saturated rings. The fourth-order valence-electron chi connectivity index (χ4n) is 1.67. The largest absolute Gasteiger partial charge is 0.361 e. The van der Waals surface area contributed by atoms with Crippen molar-refractivity contribution in [1.82, 2.24) is 29.9 Å². The van der Waals surface area contributed by atoms with Crippen molar-refractivity contribution in [3.63, 3.8) is 0 Å². The van der Waals surface area contributed by atoms with E-state index in [1.807, 2.05) is 13.0 Å². The van der Waals surface area contributed by atoms with Gasteiger partial charge in [0.1, 0.15) is 11.5 Å². The van der Waals surface area contributed by atoms with Crippen LogP contribution < -0.4 is 16.6 Å². The highest BCUT2D eigenvalue weighted by Gasteiger charge is 2.08. The van der Waals surface area contributed by atoms with Crippen LogP contribution in [0.5, 0.6) is 0 Å². The van der Waals surface area contributed by atoms with Gasteiger partial charge in [0.25, 0.3) is 5.95 Å². The predicted octanol–water partition coefficient (Wildman–Crippen LogP) is 0.251. The molecule has 0 aliphatic heterocycles. The van der Waals surface area contributed by atoms with Crippen LogP contribution in [0.2, 0.25) is 0 Å². The number of nitrogens with zero attached hydrogens (tertiary/aromatic N) is 6. The Bertz CT molecular complexity index is 721. The van der Waals surface area contributed by atoms with Gasteiger partial charge < -0.3 is 9.84 Å². The summed E-state index contributed by atoms with van der Waals surface area (Å²) in [6.45, 7) is 2.25. The van der Waals surface area contributed by atoms with E-state index in [1.165, 1.54) is 4.68 Å². The van der Waals surface area contributed by atoms with Gasteiger partial charge in [-0.1, -0.05) is 5.16 Å². The third-order valence-electron chi connectivity index (χ3n) is 2.57. The fraction of sp³-hybridized carbons (Fsp3) is 0.182. The smallest absolute Gasteiger partial charge is 0.257 e. The summed E-state index contributed by atoms with van der Waals surface area (Å²) in [5, 5.41) is 11.0. The van der Waals surface area contributed by atoms with E-state index in [0.29, 0.717) is 18.4 Å². The molecule has 4 N–H and O–H groups in total. The van der Waals surface area contributed by atoms with Gasteiger partial charge in [-0.3, -0.25) is 5.43 Å². The van der Waals surface area contributed by atoms with Crippen molar-refractivity contribution in [2.75, 3.05) is 10.7 Å². The van der Waals surface area contributed by atoms with Crippen molar-refractivity contribution in [2.24, 2.45) is 5.84 Å². The van der Waals surface area contributed by atoms with Crippen LogP contribution in [0.1, 0.15) is 11.5 Å². The highest BCUT2D eigenvalue weighted by atomic mass is 16.5. The van der Waals surface area contributed by atoms with Gasteiger partial charge in [-0.25, -0.2) is 10.5 Å². The van der Waals surface area contributed by atoms with Crippen molar-refractivity contribution in [3.8, 4) is 5.95 Å². The first-order valence-corrected chi connectivity index (χ1v) is 6.13. The minimum absolute atomic E-state index is 0.231. The van der Waals surface area contributed by atoms with Crippen molar-refractivity contribution in [3.05, 3.63) is 36.0 Å². The molecule has 0 spiro atoms. The van der Waals surface area contributed by atoms with E-state index in [-0.39, 0.29) is 5.95 Å². The summed E-state index contributed by atoms with van der Waals surface area (Å²) in [6, 6.07) is 3.59. The van der Waals surface area contributed by atoms with E-state index in [4.69, 9.17) is 10.4 Å². The molecule has 0 saturated heterocycles. The van der Waals surface area contributed by atoms with E-state index < -0.39 is 0 Å². The van der Waals surface area contributed by atoms with Gasteiger partial charge >= 0.3 is 0 Å². The molecule has 0 amide bonds. The Morgan fingerprint density at radius 3 is 2.81 bits per heavy atom. The van der Waals surface area contributed by atoms with Crippen LogP contribution in [0.25, 0.3) is 5.95 Å². The highest BCUT2D eigenvalue weighted by molar-refractivity contribution is 5.37. The van der Waals surface area contributed by atoms with Crippen molar-refractivity contribution >= 4 is 11.9 Å². The molecule has 108 valence electrons. The number of nitrogens with one attached hydrogen (secondary N) is 2. The summed E-state index contributed by atoms with van der Waals surface area (Å²) in [5.74, 6) is 7.03. The van der Waals surface area contributed by atoms with E-state index in [1.54, 1.807) is 18.5 Å². The number of hydrogen-bond donors (Lipinski definition) is 3. The molecule has 10 nitrogen and oxygen atoms in total. The second-order valence-corrected chi connectivity index (χ2v) is 4.16. The van der Waals surface area contributed by atoms with E-state index in [2.05, 4.69) is 35.9 Å². The SMILES string of the molecule is Cc1cc(CNc2nc(NN)nc(-n3cccn3)n2)no1. The van der Waals surface area contributed by atoms with Gasteiger partial charge in [0.15, 0.2) is 0 Å². The lowest BCUT2D eigenvalue weighted by Crippen LogP contribution is -2.16. The van der Waals surface area contributed by atoms with Crippen LogP contribution in [0, 0.1) is 6.92 Å². The summed E-state index contributed by atoms with van der Waals surface area (Å²) < 4.78 is 6.50. The predicted molar refractivity (Wildman–Crippen MR) is 73.3 cm³/mol. The molecule has 10 heteroatoms. The maximum atomic E-state index is 5.36. The van der Waals surface area contributed by atoms with Gasteiger partial charge in [0.2, 0.25) is 11.9 Å². The Labute approximate surface area is 119 Å². The molecule has 21 heavy (non-hydrogen) atoms. The van der Waals surface area contributed by atoms with Gasteiger partial charge in [-0.15, -0.1) is 0 Å². The average Bonchev–Trinajstić information content (AvgIpc) is 3.16. The second-order valence-electron chi connectivity index (χ2n) is 4.16. The molecule has 0 radical (unpaired) electrons. The molecule has 0 unspecified atom stereocenters. The molecule has 0 aliphatic rings. The maximum absolute atomic E-state index is 5.36. The van der Waals surface area contributed by atoms with Crippen LogP contribution >= 0.6 is 0 Å². The van der Waals surface area contributed by atoms with Crippen LogP contribution in [-0.2, 0) is 6.54 Å². The number of aryl methyl sites for hydroxylation is 1. The Kier molecular flexibility index (Phi) is 3.43. The first-order chi connectivity index (χ1) is 10.2. The maximum Gasteiger partial charge on any atom is 0.257 e. The van der Waals surface area contributed by atoms with Crippen LogP contribution in [-0.4, -0.2) is 29.9 Å². The molecule has 0 atom stereocenters. The number of rotatable bonds is 5. The van der Waals surface area contributed by atoms with Crippen molar-refractivity contribution in [1.29, 1.82) is 0 Å². The number of anilines is 2. The molecule has 0 saturated carbocycles. The third-order valence-corrected chi connectivity index (χ3v) is 2.57. The standard InChI is InChI=1S/C11H13N9O/c1-7-5-8(19-21-7)6-13-9-15-10(18-12)17-11(16-9)20-4-2-3-14-20/h2-5H,6,12H2,1H3,(H2,13,15,16,17,18). The second kappa shape index (κ2) is 5.54. The monoisotopic (exact) mass is 287 g/mol. The number of nitrogens with two attached hydrogens (primary N) is 1. The molecule has 3 aromatic rings. The normalized spacial score (nSPS) is 10.6. The lowest BCUT2D eigenvalue weighted by molar-refractivity contribution is 0.391. The Balaban J connectivity index is 1.82. The lowest BCUT2D eigenvalue weighted by atomic mass is 10.4. The van der Waals surface area contributed by atoms with Crippen molar-refractivity contribution in [2.45, 2.75) is 13.5 Å². The summed E-state index contributed by atoms with van der Waals surface area (Å²) in [6.07, 6.45) is 3.35. The lowest BCUT2D eigenvalue weighted by Gasteiger charge is -2.07. The minimum Gasteiger partial charge on any atom is -0.361 e. The first kappa shape index (κ1) is 13.0. The summed E-state index contributed by atoms with van der Waals surface area (Å²) in [7, 11) is 0. The Hall–Kier alpha value is -3.01. The molecule has 0 bridgehead atoms. The summed E-state index contributed by atoms with van der Waals surface area (Å²) >= 11 is 0. The number of hydrogen-bond acceptors (Lipinski definition) is 9. The zero-order chi connectivity index (χ0) is 14.7. The summed E-state index contributed by atoms with van der Waals surface area (Å²) in [4.78, 5) is 12.5. The van der Waals surface area contributed by atoms with E-state index in [9.17, 15) is 0 Å². The summed E-state index contributed by atoms with van der Waals surface area (Å²) in [5.41, 5.74) is 3.14. The molecular formula is C11H13N9O. The Morgan fingerprint density at radius 1 is 1.29 bits per heavy atom. The number of nitrogen functional groups attached to an aromatic ring is 1. The Morgan fingerprint density at radius 2 is 2.14 bits per heavy atom.